The Morgan fingerprint density at radius 2 is 2.24 bits per heavy atom. The van der Waals surface area contributed by atoms with Gasteiger partial charge in [-0.05, 0) is 31.2 Å². The van der Waals surface area contributed by atoms with E-state index in [1.807, 2.05) is 31.2 Å². The smallest absolute Gasteiger partial charge is 0.140 e. The van der Waals surface area contributed by atoms with Crippen LogP contribution >= 0.6 is 0 Å². The maximum atomic E-state index is 9.07. The van der Waals surface area contributed by atoms with Gasteiger partial charge in [0.05, 0.1) is 25.9 Å². The van der Waals surface area contributed by atoms with Crippen LogP contribution in [0.4, 0.5) is 5.69 Å². The van der Waals surface area contributed by atoms with Gasteiger partial charge in [-0.2, -0.15) is 5.26 Å². The highest BCUT2D eigenvalue weighted by atomic mass is 16.5. The number of nitrogens with zero attached hydrogens (tertiary/aromatic N) is 2. The second-order valence-electron chi connectivity index (χ2n) is 3.84. The highest BCUT2D eigenvalue weighted by Crippen LogP contribution is 2.22. The Balaban J connectivity index is 2.12. The molecule has 1 unspecified atom stereocenters. The Labute approximate surface area is 101 Å². The number of benzene rings is 1. The van der Waals surface area contributed by atoms with Crippen LogP contribution in [0.2, 0.25) is 0 Å². The zero-order valence-electron chi connectivity index (χ0n) is 9.93. The van der Waals surface area contributed by atoms with Gasteiger partial charge in [0, 0.05) is 12.2 Å². The fraction of sp³-hybridized carbons (Fsp3) is 0.462. The Hall–Kier alpha value is -1.73. The first kappa shape index (κ1) is 11.7. The third-order valence-corrected chi connectivity index (χ3v) is 2.76. The number of hydrogen-bond donors (Lipinski definition) is 0. The molecule has 0 saturated carbocycles. The number of nitriles is 1. The summed E-state index contributed by atoms with van der Waals surface area (Å²) in [6, 6.07) is 9.91. The summed E-state index contributed by atoms with van der Waals surface area (Å²) in [7, 11) is 0. The molecule has 1 atom stereocenters. The Morgan fingerprint density at radius 3 is 2.88 bits per heavy atom. The van der Waals surface area contributed by atoms with Crippen molar-refractivity contribution < 1.29 is 9.47 Å². The molecule has 1 aliphatic heterocycles. The van der Waals surface area contributed by atoms with Gasteiger partial charge in [-0.1, -0.05) is 0 Å². The standard InChI is InChI=1S/C13H16N2O2/c1-2-17-13-5-3-11(4-6-13)15-7-8-16-10-12(15)9-14/h3-6,12H,2,7-8,10H2,1H3. The van der Waals surface area contributed by atoms with Crippen molar-refractivity contribution in [2.75, 3.05) is 31.3 Å². The lowest BCUT2D eigenvalue weighted by Gasteiger charge is -2.33. The fourth-order valence-corrected chi connectivity index (χ4v) is 1.92. The van der Waals surface area contributed by atoms with Gasteiger partial charge >= 0.3 is 0 Å². The molecule has 0 spiro atoms. The first-order valence-electron chi connectivity index (χ1n) is 5.82. The molecule has 4 nitrogen and oxygen atoms in total. The van der Waals surface area contributed by atoms with Gasteiger partial charge in [0.2, 0.25) is 0 Å². The van der Waals surface area contributed by atoms with E-state index in [9.17, 15) is 0 Å². The molecule has 17 heavy (non-hydrogen) atoms. The molecule has 1 aromatic rings. The fourth-order valence-electron chi connectivity index (χ4n) is 1.92. The lowest BCUT2D eigenvalue weighted by atomic mass is 10.2. The van der Waals surface area contributed by atoms with Crippen LogP contribution < -0.4 is 9.64 Å². The third kappa shape index (κ3) is 2.69. The molecule has 0 bridgehead atoms. The van der Waals surface area contributed by atoms with E-state index in [2.05, 4.69) is 11.0 Å². The number of morpholine rings is 1. The highest BCUT2D eigenvalue weighted by Gasteiger charge is 2.22. The lowest BCUT2D eigenvalue weighted by Crippen LogP contribution is -2.44. The van der Waals surface area contributed by atoms with Crippen LogP contribution in [0.1, 0.15) is 6.92 Å². The first-order valence-corrected chi connectivity index (χ1v) is 5.82. The van der Waals surface area contributed by atoms with Gasteiger partial charge in [0.1, 0.15) is 11.8 Å². The maximum Gasteiger partial charge on any atom is 0.140 e. The molecule has 0 amide bonds. The van der Waals surface area contributed by atoms with Crippen LogP contribution in [0, 0.1) is 11.3 Å². The second kappa shape index (κ2) is 5.55. The van der Waals surface area contributed by atoms with Crippen molar-refractivity contribution in [3.05, 3.63) is 24.3 Å². The van der Waals surface area contributed by atoms with Gasteiger partial charge < -0.3 is 14.4 Å². The van der Waals surface area contributed by atoms with E-state index in [0.717, 1.165) is 18.0 Å². The predicted molar refractivity (Wildman–Crippen MR) is 65.2 cm³/mol. The first-order chi connectivity index (χ1) is 8.35. The summed E-state index contributed by atoms with van der Waals surface area (Å²) >= 11 is 0. The molecule has 2 rings (SSSR count). The van der Waals surface area contributed by atoms with Crippen LogP contribution in [-0.4, -0.2) is 32.4 Å². The summed E-state index contributed by atoms with van der Waals surface area (Å²) in [5, 5.41) is 9.07. The van der Waals surface area contributed by atoms with E-state index in [0.29, 0.717) is 19.8 Å². The van der Waals surface area contributed by atoms with Crippen LogP contribution in [0.25, 0.3) is 0 Å². The van der Waals surface area contributed by atoms with E-state index in [4.69, 9.17) is 14.7 Å². The summed E-state index contributed by atoms with van der Waals surface area (Å²) in [5.74, 6) is 0.859. The highest BCUT2D eigenvalue weighted by molar-refractivity contribution is 5.51. The minimum atomic E-state index is -0.193. The van der Waals surface area contributed by atoms with Crippen LogP contribution in [0.5, 0.6) is 5.75 Å². The molecule has 1 fully saturated rings. The predicted octanol–water partition coefficient (Wildman–Crippen LogP) is 1.81. The Kier molecular flexibility index (Phi) is 3.84. The van der Waals surface area contributed by atoms with Crippen molar-refractivity contribution in [1.29, 1.82) is 5.26 Å². The molecule has 0 aliphatic carbocycles. The molecule has 90 valence electrons. The summed E-state index contributed by atoms with van der Waals surface area (Å²) in [6.07, 6.45) is 0. The summed E-state index contributed by atoms with van der Waals surface area (Å²) < 4.78 is 10.7. The molecule has 0 N–H and O–H groups in total. The van der Waals surface area contributed by atoms with Crippen molar-refractivity contribution >= 4 is 5.69 Å². The normalized spacial score (nSPS) is 19.8. The zero-order chi connectivity index (χ0) is 12.1. The number of anilines is 1. The van der Waals surface area contributed by atoms with Crippen molar-refractivity contribution in [2.24, 2.45) is 0 Å². The second-order valence-corrected chi connectivity index (χ2v) is 3.84. The van der Waals surface area contributed by atoms with E-state index in [-0.39, 0.29) is 6.04 Å². The molecule has 1 aromatic carbocycles. The lowest BCUT2D eigenvalue weighted by molar-refractivity contribution is 0.107. The summed E-state index contributed by atoms with van der Waals surface area (Å²) in [4.78, 5) is 2.07. The van der Waals surface area contributed by atoms with Crippen molar-refractivity contribution in [3.63, 3.8) is 0 Å². The van der Waals surface area contributed by atoms with Gasteiger partial charge in [0.15, 0.2) is 0 Å². The van der Waals surface area contributed by atoms with Gasteiger partial charge in [-0.25, -0.2) is 0 Å². The average Bonchev–Trinajstić information content (AvgIpc) is 2.40. The molecule has 4 heteroatoms. The number of hydrogen-bond acceptors (Lipinski definition) is 4. The Bertz CT molecular complexity index is 397. The largest absolute Gasteiger partial charge is 0.494 e. The quantitative estimate of drug-likeness (QED) is 0.797. The van der Waals surface area contributed by atoms with Crippen molar-refractivity contribution in [1.82, 2.24) is 0 Å². The summed E-state index contributed by atoms with van der Waals surface area (Å²) in [5.41, 5.74) is 1.04. The van der Waals surface area contributed by atoms with E-state index in [1.165, 1.54) is 0 Å². The topological polar surface area (TPSA) is 45.5 Å². The monoisotopic (exact) mass is 232 g/mol. The van der Waals surface area contributed by atoms with E-state index in [1.54, 1.807) is 0 Å². The molecule has 0 aromatic heterocycles. The Morgan fingerprint density at radius 1 is 1.47 bits per heavy atom. The molecule has 1 aliphatic rings. The number of rotatable bonds is 3. The molecule has 1 heterocycles. The van der Waals surface area contributed by atoms with Crippen LogP contribution in [0.15, 0.2) is 24.3 Å². The van der Waals surface area contributed by atoms with Crippen LogP contribution in [0.3, 0.4) is 0 Å². The zero-order valence-corrected chi connectivity index (χ0v) is 9.93. The molecule has 1 saturated heterocycles. The van der Waals surface area contributed by atoms with Gasteiger partial charge in [-0.3, -0.25) is 0 Å². The minimum absolute atomic E-state index is 0.193. The average molecular weight is 232 g/mol. The van der Waals surface area contributed by atoms with Crippen LogP contribution in [-0.2, 0) is 4.74 Å². The molecule has 0 radical (unpaired) electrons. The van der Waals surface area contributed by atoms with Crippen molar-refractivity contribution in [2.45, 2.75) is 13.0 Å². The van der Waals surface area contributed by atoms with Crippen molar-refractivity contribution in [3.8, 4) is 11.8 Å². The number of ether oxygens (including phenoxy) is 2. The van der Waals surface area contributed by atoms with E-state index < -0.39 is 0 Å². The van der Waals surface area contributed by atoms with Gasteiger partial charge in [0.25, 0.3) is 0 Å². The summed E-state index contributed by atoms with van der Waals surface area (Å²) in [6.45, 7) is 4.53. The molecular weight excluding hydrogens is 216 g/mol. The molecular formula is C13H16N2O2. The van der Waals surface area contributed by atoms with Gasteiger partial charge in [-0.15, -0.1) is 0 Å². The minimum Gasteiger partial charge on any atom is -0.494 e. The third-order valence-electron chi connectivity index (χ3n) is 2.76. The maximum absolute atomic E-state index is 9.07. The SMILES string of the molecule is CCOc1ccc(N2CCOCC2C#N)cc1. The van der Waals surface area contributed by atoms with E-state index >= 15 is 0 Å².